The first-order chi connectivity index (χ1) is 23.6. The van der Waals surface area contributed by atoms with Crippen LogP contribution in [-0.4, -0.2) is 36.4 Å². The molecule has 1 unspecified atom stereocenters. The van der Waals surface area contributed by atoms with Crippen molar-refractivity contribution in [1.82, 2.24) is 0 Å². The Labute approximate surface area is 299 Å². The van der Waals surface area contributed by atoms with Crippen LogP contribution in [0.15, 0.2) is 0 Å². The van der Waals surface area contributed by atoms with E-state index in [1.165, 1.54) is 186 Å². The van der Waals surface area contributed by atoms with Crippen molar-refractivity contribution >= 4 is 11.9 Å². The lowest BCUT2D eigenvalue weighted by atomic mass is 10.0. The molecule has 0 amide bonds. The molecule has 0 saturated heterocycles. The smallest absolute Gasteiger partial charge is 0.306 e. The fourth-order valence-corrected chi connectivity index (χ4v) is 6.62. The van der Waals surface area contributed by atoms with Gasteiger partial charge in [0.2, 0.25) is 0 Å². The zero-order chi connectivity index (χ0) is 35.0. The lowest BCUT2D eigenvalue weighted by molar-refractivity contribution is -0.161. The topological polar surface area (TPSA) is 72.8 Å². The summed E-state index contributed by atoms with van der Waals surface area (Å²) in [6, 6.07) is 0. The molecule has 0 aromatic rings. The highest BCUT2D eigenvalue weighted by molar-refractivity contribution is 5.70. The summed E-state index contributed by atoms with van der Waals surface area (Å²) in [5.74, 6) is -0.572. The molecule has 0 spiro atoms. The van der Waals surface area contributed by atoms with Gasteiger partial charge < -0.3 is 14.6 Å². The maximum absolute atomic E-state index is 12.2. The number of carbonyl (C=O) groups excluding carboxylic acids is 2. The number of unbranched alkanes of at least 4 members (excludes halogenated alkanes) is 32. The molecule has 5 nitrogen and oxygen atoms in total. The third-order valence-corrected chi connectivity index (χ3v) is 9.90. The van der Waals surface area contributed by atoms with E-state index in [2.05, 4.69) is 13.8 Å². The van der Waals surface area contributed by atoms with Gasteiger partial charge in [-0.1, -0.05) is 219 Å². The van der Waals surface area contributed by atoms with Crippen LogP contribution in [0.2, 0.25) is 0 Å². The maximum atomic E-state index is 12.2. The van der Waals surface area contributed by atoms with Crippen LogP contribution in [0.4, 0.5) is 0 Å². The highest BCUT2D eigenvalue weighted by Crippen LogP contribution is 2.16. The Kier molecular flexibility index (Phi) is 39.4. The Morgan fingerprint density at radius 1 is 0.396 bits per heavy atom. The predicted molar refractivity (Wildman–Crippen MR) is 205 cm³/mol. The second-order valence-electron chi connectivity index (χ2n) is 14.8. The van der Waals surface area contributed by atoms with Crippen LogP contribution in [0.5, 0.6) is 0 Å². The van der Waals surface area contributed by atoms with E-state index in [1.54, 1.807) is 0 Å². The van der Waals surface area contributed by atoms with Gasteiger partial charge in [-0.25, -0.2) is 0 Å². The SMILES string of the molecule is CCCCCCCCCCCCCCCCCCCCCC(=O)OC(CO)COC(=O)CCCCCCCCCCCCCCCCC. The van der Waals surface area contributed by atoms with Crippen LogP contribution in [0.3, 0.4) is 0 Å². The summed E-state index contributed by atoms with van der Waals surface area (Å²) >= 11 is 0. The molecule has 0 fully saturated rings. The molecule has 0 aliphatic rings. The summed E-state index contributed by atoms with van der Waals surface area (Å²) in [6.45, 7) is 4.18. The number of carbonyl (C=O) groups is 2. The first-order valence-corrected chi connectivity index (χ1v) is 21.6. The van der Waals surface area contributed by atoms with Crippen molar-refractivity contribution in [2.24, 2.45) is 0 Å². The molecule has 0 aliphatic carbocycles. The first-order valence-electron chi connectivity index (χ1n) is 21.6. The van der Waals surface area contributed by atoms with Crippen molar-refractivity contribution in [3.05, 3.63) is 0 Å². The van der Waals surface area contributed by atoms with Crippen LogP contribution < -0.4 is 0 Å². The minimum Gasteiger partial charge on any atom is -0.462 e. The molecule has 286 valence electrons. The predicted octanol–water partition coefficient (Wildman–Crippen LogP) is 13.5. The second kappa shape index (κ2) is 40.3. The van der Waals surface area contributed by atoms with E-state index in [1.807, 2.05) is 0 Å². The molecule has 0 heterocycles. The molecule has 48 heavy (non-hydrogen) atoms. The molecule has 0 bridgehead atoms. The van der Waals surface area contributed by atoms with Gasteiger partial charge in [0, 0.05) is 12.8 Å². The van der Waals surface area contributed by atoms with E-state index in [4.69, 9.17) is 9.47 Å². The standard InChI is InChI=1S/C43H84O5/c1-3-5-7-9-11-13-15-17-19-20-21-22-24-26-28-30-32-34-36-38-43(46)48-41(39-44)40-47-42(45)37-35-33-31-29-27-25-23-18-16-14-12-10-8-6-4-2/h41,44H,3-40H2,1-2H3. The number of rotatable bonds is 40. The van der Waals surface area contributed by atoms with Crippen LogP contribution in [-0.2, 0) is 19.1 Å². The summed E-state index contributed by atoms with van der Waals surface area (Å²) in [4.78, 5) is 24.3. The normalized spacial score (nSPS) is 12.0. The fourth-order valence-electron chi connectivity index (χ4n) is 6.62. The van der Waals surface area contributed by atoms with Crippen LogP contribution in [0.25, 0.3) is 0 Å². The third kappa shape index (κ3) is 37.7. The average Bonchev–Trinajstić information content (AvgIpc) is 3.09. The van der Waals surface area contributed by atoms with Gasteiger partial charge in [-0.3, -0.25) is 9.59 Å². The minimum absolute atomic E-state index is 0.0565. The Hall–Kier alpha value is -1.10. The minimum atomic E-state index is -0.761. The van der Waals surface area contributed by atoms with Gasteiger partial charge in [0.05, 0.1) is 6.61 Å². The van der Waals surface area contributed by atoms with Gasteiger partial charge >= 0.3 is 11.9 Å². The van der Waals surface area contributed by atoms with Crippen molar-refractivity contribution in [2.75, 3.05) is 13.2 Å². The molecule has 0 aliphatic heterocycles. The van der Waals surface area contributed by atoms with E-state index in [0.717, 1.165) is 32.1 Å². The summed E-state index contributed by atoms with van der Waals surface area (Å²) in [6.07, 6.45) is 44.6. The lowest BCUT2D eigenvalue weighted by Crippen LogP contribution is -2.28. The Morgan fingerprint density at radius 3 is 0.917 bits per heavy atom. The number of esters is 2. The van der Waals surface area contributed by atoms with E-state index in [9.17, 15) is 14.7 Å². The molecule has 0 aromatic heterocycles. The summed E-state index contributed by atoms with van der Waals surface area (Å²) < 4.78 is 10.6. The molecule has 5 heteroatoms. The Balaban J connectivity index is 3.46. The van der Waals surface area contributed by atoms with Gasteiger partial charge in [-0.15, -0.1) is 0 Å². The summed E-state index contributed by atoms with van der Waals surface area (Å²) in [5, 5.41) is 9.57. The number of hydrogen-bond acceptors (Lipinski definition) is 5. The number of aliphatic hydroxyl groups is 1. The molecule has 1 atom stereocenters. The third-order valence-electron chi connectivity index (χ3n) is 9.90. The van der Waals surface area contributed by atoms with Crippen LogP contribution in [0, 0.1) is 0 Å². The molecule has 1 N–H and O–H groups in total. The molecule has 0 saturated carbocycles. The van der Waals surface area contributed by atoms with Gasteiger partial charge in [0.15, 0.2) is 6.10 Å². The van der Waals surface area contributed by atoms with E-state index in [0.29, 0.717) is 12.8 Å². The summed E-state index contributed by atoms with van der Waals surface area (Å²) in [5.41, 5.74) is 0. The van der Waals surface area contributed by atoms with Gasteiger partial charge in [0.1, 0.15) is 6.61 Å². The van der Waals surface area contributed by atoms with E-state index < -0.39 is 6.10 Å². The van der Waals surface area contributed by atoms with Crippen LogP contribution in [0.1, 0.15) is 245 Å². The van der Waals surface area contributed by atoms with Crippen LogP contribution >= 0.6 is 0 Å². The molecule has 0 rings (SSSR count). The summed E-state index contributed by atoms with van der Waals surface area (Å²) in [7, 11) is 0. The van der Waals surface area contributed by atoms with E-state index >= 15 is 0 Å². The van der Waals surface area contributed by atoms with Crippen molar-refractivity contribution < 1.29 is 24.2 Å². The number of hydrogen-bond donors (Lipinski definition) is 1. The highest BCUT2D eigenvalue weighted by Gasteiger charge is 2.16. The average molecular weight is 681 g/mol. The van der Waals surface area contributed by atoms with Crippen molar-refractivity contribution in [3.8, 4) is 0 Å². The molecular weight excluding hydrogens is 596 g/mol. The second-order valence-corrected chi connectivity index (χ2v) is 14.8. The Bertz CT molecular complexity index is 651. The lowest BCUT2D eigenvalue weighted by Gasteiger charge is -2.15. The zero-order valence-electron chi connectivity index (χ0n) is 32.5. The van der Waals surface area contributed by atoms with Gasteiger partial charge in [-0.05, 0) is 12.8 Å². The Morgan fingerprint density at radius 2 is 0.646 bits per heavy atom. The largest absolute Gasteiger partial charge is 0.462 e. The quantitative estimate of drug-likeness (QED) is 0.0515. The van der Waals surface area contributed by atoms with Crippen molar-refractivity contribution in [2.45, 2.75) is 251 Å². The zero-order valence-corrected chi connectivity index (χ0v) is 32.5. The number of ether oxygens (including phenoxy) is 2. The molecule has 0 aromatic carbocycles. The molecule has 0 radical (unpaired) electrons. The maximum Gasteiger partial charge on any atom is 0.306 e. The number of aliphatic hydroxyl groups excluding tert-OH is 1. The monoisotopic (exact) mass is 681 g/mol. The highest BCUT2D eigenvalue weighted by atomic mass is 16.6. The van der Waals surface area contributed by atoms with Crippen molar-refractivity contribution in [1.29, 1.82) is 0 Å². The van der Waals surface area contributed by atoms with Crippen molar-refractivity contribution in [3.63, 3.8) is 0 Å². The van der Waals surface area contributed by atoms with Gasteiger partial charge in [0.25, 0.3) is 0 Å². The van der Waals surface area contributed by atoms with Gasteiger partial charge in [-0.2, -0.15) is 0 Å². The van der Waals surface area contributed by atoms with E-state index in [-0.39, 0.29) is 25.2 Å². The molecular formula is C43H84O5. The fraction of sp³-hybridized carbons (Fsp3) is 0.953. The first kappa shape index (κ1) is 46.9.